The van der Waals surface area contributed by atoms with Crippen molar-refractivity contribution < 1.29 is 36.6 Å². The molecule has 7 nitrogen and oxygen atoms in total. The molecule has 0 spiro atoms. The van der Waals surface area contributed by atoms with Crippen LogP contribution in [0.15, 0.2) is 30.5 Å². The molecule has 2 aromatic rings. The Kier molecular flexibility index (Phi) is 12.0. The quantitative estimate of drug-likeness (QED) is 0.203. The highest BCUT2D eigenvalue weighted by Crippen LogP contribution is 2.36. The number of rotatable bonds is 9. The predicted octanol–water partition coefficient (Wildman–Crippen LogP) is 6.42. The lowest BCUT2D eigenvalue weighted by Crippen LogP contribution is -2.40. The van der Waals surface area contributed by atoms with Crippen LogP contribution >= 0.6 is 11.6 Å². The Morgan fingerprint density at radius 1 is 1.28 bits per heavy atom. The van der Waals surface area contributed by atoms with E-state index in [2.05, 4.69) is 15.6 Å². The summed E-state index contributed by atoms with van der Waals surface area (Å²) in [5.41, 5.74) is -0.955. The molecule has 216 valence electrons. The first kappa shape index (κ1) is 32.3. The van der Waals surface area contributed by atoms with Crippen LogP contribution in [-0.4, -0.2) is 50.2 Å². The number of carbonyl (C=O) groups excluding carboxylic acids is 2. The third kappa shape index (κ3) is 9.35. The average molecular weight is 576 g/mol. The number of aromatic nitrogens is 1. The fourth-order valence-electron chi connectivity index (χ4n) is 4.28. The maximum Gasteiger partial charge on any atom is 0.433 e. The molecule has 1 aliphatic rings. The van der Waals surface area contributed by atoms with Gasteiger partial charge in [0, 0.05) is 17.7 Å². The van der Waals surface area contributed by atoms with E-state index in [0.717, 1.165) is 12.3 Å². The normalized spacial score (nSPS) is 19.8. The number of methoxy groups -OCH3 is 1. The van der Waals surface area contributed by atoms with Gasteiger partial charge in [0.25, 0.3) is 0 Å². The number of anilines is 1. The van der Waals surface area contributed by atoms with Gasteiger partial charge < -0.3 is 20.1 Å². The molecule has 1 aliphatic carbocycles. The van der Waals surface area contributed by atoms with E-state index in [1.165, 1.54) is 13.2 Å². The monoisotopic (exact) mass is 575 g/mol. The Morgan fingerprint density at radius 3 is 2.46 bits per heavy atom. The molecule has 1 aromatic carbocycles. The minimum Gasteiger partial charge on any atom is -0.495 e. The summed E-state index contributed by atoms with van der Waals surface area (Å²) in [5.74, 6) is -0.0293. The van der Waals surface area contributed by atoms with Crippen molar-refractivity contribution in [3.05, 3.63) is 52.3 Å². The lowest BCUT2D eigenvalue weighted by molar-refractivity contribution is -0.150. The zero-order valence-electron chi connectivity index (χ0n) is 22.3. The maximum atomic E-state index is 14.0. The standard InChI is InChI=1S/C16H14ClF3N2O2.C11H20FNO2/c1-9(22-13-4-3-10(8-23)5-12(13)17)11-6-15(16(18,19)20)21-7-14(11)24-2;1-3-15-10(14)9-4-6-11(12,7-5-9)8-13-2/h3-9,22H,1-2H3;9,13H,3-8H2,1-2H3/t9-;/m0./s1. The molecular weight excluding hydrogens is 542 g/mol. The summed E-state index contributed by atoms with van der Waals surface area (Å²) in [4.78, 5) is 25.5. The number of pyridine rings is 1. The van der Waals surface area contributed by atoms with Gasteiger partial charge in [-0.25, -0.2) is 9.37 Å². The van der Waals surface area contributed by atoms with Crippen LogP contribution in [0.3, 0.4) is 0 Å². The van der Waals surface area contributed by atoms with Gasteiger partial charge in [0.15, 0.2) is 0 Å². The number of esters is 1. The van der Waals surface area contributed by atoms with Crippen LogP contribution < -0.4 is 15.4 Å². The van der Waals surface area contributed by atoms with Gasteiger partial charge in [-0.15, -0.1) is 0 Å². The zero-order chi connectivity index (χ0) is 29.2. The summed E-state index contributed by atoms with van der Waals surface area (Å²) in [6.07, 6.45) is -0.735. The van der Waals surface area contributed by atoms with Gasteiger partial charge in [-0.1, -0.05) is 11.6 Å². The number of carbonyl (C=O) groups is 2. The lowest BCUT2D eigenvalue weighted by Gasteiger charge is -2.32. The highest BCUT2D eigenvalue weighted by Gasteiger charge is 2.37. The van der Waals surface area contributed by atoms with Crippen LogP contribution in [0.2, 0.25) is 5.02 Å². The molecule has 0 radical (unpaired) electrons. The molecule has 2 N–H and O–H groups in total. The first-order valence-corrected chi connectivity index (χ1v) is 12.9. The summed E-state index contributed by atoms with van der Waals surface area (Å²) < 4.78 is 62.6. The second-order valence-corrected chi connectivity index (χ2v) is 9.65. The molecule has 0 saturated heterocycles. The van der Waals surface area contributed by atoms with E-state index in [4.69, 9.17) is 21.1 Å². The fourth-order valence-corrected chi connectivity index (χ4v) is 4.52. The van der Waals surface area contributed by atoms with E-state index in [1.807, 2.05) is 0 Å². The largest absolute Gasteiger partial charge is 0.495 e. The number of aldehydes is 1. The third-order valence-electron chi connectivity index (χ3n) is 6.37. The fraction of sp³-hybridized carbons (Fsp3) is 0.519. The summed E-state index contributed by atoms with van der Waals surface area (Å²) in [5, 5.41) is 6.15. The molecule has 1 atom stereocenters. The molecule has 39 heavy (non-hydrogen) atoms. The first-order chi connectivity index (χ1) is 18.4. The van der Waals surface area contributed by atoms with Crippen molar-refractivity contribution in [3.63, 3.8) is 0 Å². The van der Waals surface area contributed by atoms with Gasteiger partial charge in [0.1, 0.15) is 23.4 Å². The minimum atomic E-state index is -4.55. The van der Waals surface area contributed by atoms with Crippen LogP contribution in [0.4, 0.5) is 23.2 Å². The Hall–Kier alpha value is -2.92. The summed E-state index contributed by atoms with van der Waals surface area (Å²) in [6.45, 7) is 4.25. The van der Waals surface area contributed by atoms with Crippen molar-refractivity contribution in [3.8, 4) is 5.75 Å². The number of hydrogen-bond acceptors (Lipinski definition) is 7. The predicted molar refractivity (Wildman–Crippen MR) is 141 cm³/mol. The number of nitrogens with zero attached hydrogens (tertiary/aromatic N) is 1. The van der Waals surface area contributed by atoms with E-state index in [-0.39, 0.29) is 28.2 Å². The van der Waals surface area contributed by atoms with Crippen LogP contribution in [0.1, 0.15) is 67.2 Å². The molecule has 0 amide bonds. The number of nitrogens with one attached hydrogen (secondary N) is 2. The Morgan fingerprint density at radius 2 is 1.95 bits per heavy atom. The molecule has 1 saturated carbocycles. The van der Waals surface area contributed by atoms with Crippen molar-refractivity contribution in [2.24, 2.45) is 5.92 Å². The SMILES string of the molecule is CCOC(=O)C1CCC(F)(CNC)CC1.COc1cnc(C(F)(F)F)cc1[C@H](C)Nc1ccc(C=O)cc1Cl. The Balaban J connectivity index is 0.000000306. The van der Waals surface area contributed by atoms with Crippen LogP contribution in [0, 0.1) is 5.92 Å². The molecule has 1 fully saturated rings. The van der Waals surface area contributed by atoms with E-state index in [1.54, 1.807) is 33.0 Å². The smallest absolute Gasteiger partial charge is 0.433 e. The maximum absolute atomic E-state index is 14.0. The highest BCUT2D eigenvalue weighted by molar-refractivity contribution is 6.33. The van der Waals surface area contributed by atoms with E-state index in [0.29, 0.717) is 56.4 Å². The van der Waals surface area contributed by atoms with Gasteiger partial charge >= 0.3 is 12.1 Å². The lowest BCUT2D eigenvalue weighted by atomic mass is 9.80. The van der Waals surface area contributed by atoms with Gasteiger partial charge in [0.2, 0.25) is 0 Å². The number of benzene rings is 1. The first-order valence-electron chi connectivity index (χ1n) is 12.5. The van der Waals surface area contributed by atoms with Crippen molar-refractivity contribution in [2.75, 3.05) is 32.6 Å². The second kappa shape index (κ2) is 14.5. The van der Waals surface area contributed by atoms with Gasteiger partial charge in [-0.05, 0) is 70.8 Å². The Labute approximate surface area is 230 Å². The Bertz CT molecular complexity index is 1110. The van der Waals surface area contributed by atoms with Crippen LogP contribution in [0.5, 0.6) is 5.75 Å². The second-order valence-electron chi connectivity index (χ2n) is 9.24. The molecule has 12 heteroatoms. The van der Waals surface area contributed by atoms with Crippen molar-refractivity contribution in [1.82, 2.24) is 10.3 Å². The zero-order valence-corrected chi connectivity index (χ0v) is 23.1. The molecule has 3 rings (SSSR count). The van der Waals surface area contributed by atoms with Crippen LogP contribution in [0.25, 0.3) is 0 Å². The van der Waals surface area contributed by atoms with Gasteiger partial charge in [0.05, 0.1) is 42.6 Å². The van der Waals surface area contributed by atoms with Crippen LogP contribution in [-0.2, 0) is 15.7 Å². The van der Waals surface area contributed by atoms with Gasteiger partial charge in [-0.2, -0.15) is 13.2 Å². The van der Waals surface area contributed by atoms with Crippen molar-refractivity contribution in [1.29, 1.82) is 0 Å². The molecular formula is C27H34ClF4N3O4. The number of halogens is 5. The molecule has 1 heterocycles. The molecule has 0 unspecified atom stereocenters. The van der Waals surface area contributed by atoms with Crippen molar-refractivity contribution >= 4 is 29.5 Å². The number of ether oxygens (including phenoxy) is 2. The third-order valence-corrected chi connectivity index (χ3v) is 6.68. The van der Waals surface area contributed by atoms with E-state index >= 15 is 0 Å². The minimum absolute atomic E-state index is 0.0920. The summed E-state index contributed by atoms with van der Waals surface area (Å²) >= 11 is 6.07. The summed E-state index contributed by atoms with van der Waals surface area (Å²) in [6, 6.07) is 5.00. The molecule has 1 aromatic heterocycles. The molecule has 0 bridgehead atoms. The number of alkyl halides is 4. The van der Waals surface area contributed by atoms with Gasteiger partial charge in [-0.3, -0.25) is 9.59 Å². The molecule has 0 aliphatic heterocycles. The average Bonchev–Trinajstić information content (AvgIpc) is 2.89. The van der Waals surface area contributed by atoms with E-state index < -0.39 is 23.6 Å². The van der Waals surface area contributed by atoms with Crippen molar-refractivity contribution in [2.45, 2.75) is 57.4 Å². The highest BCUT2D eigenvalue weighted by atomic mass is 35.5. The summed E-state index contributed by atoms with van der Waals surface area (Å²) in [7, 11) is 3.10. The number of hydrogen-bond donors (Lipinski definition) is 2. The topological polar surface area (TPSA) is 89.6 Å². The van der Waals surface area contributed by atoms with E-state index in [9.17, 15) is 27.2 Å².